The Kier molecular flexibility index (Phi) is 1.85. The topological polar surface area (TPSA) is 33.2 Å². The molecule has 2 heterocycles. The molecule has 66 valence electrons. The lowest BCUT2D eigenvalue weighted by molar-refractivity contribution is -0.124. The lowest BCUT2D eigenvalue weighted by Crippen LogP contribution is -2.23. The molecular formula is C10H10N2O. The summed E-state index contributed by atoms with van der Waals surface area (Å²) in [6.45, 7) is 0. The minimum atomic E-state index is 0.0499. The Morgan fingerprint density at radius 1 is 1.54 bits per heavy atom. The van der Waals surface area contributed by atoms with Crippen molar-refractivity contribution in [2.45, 2.75) is 6.04 Å². The third kappa shape index (κ3) is 1.33. The van der Waals surface area contributed by atoms with Crippen LogP contribution in [0.2, 0.25) is 0 Å². The van der Waals surface area contributed by atoms with Crippen LogP contribution < -0.4 is 0 Å². The van der Waals surface area contributed by atoms with Crippen molar-refractivity contribution < 1.29 is 4.79 Å². The number of likely N-dealkylation sites (N-methyl/N-ethyl adjacent to an activating group) is 1. The summed E-state index contributed by atoms with van der Waals surface area (Å²) in [6.07, 6.45) is 6.99. The van der Waals surface area contributed by atoms with Gasteiger partial charge in [-0.15, -0.1) is 0 Å². The second-order valence-electron chi connectivity index (χ2n) is 3.04. The molecule has 13 heavy (non-hydrogen) atoms. The highest BCUT2D eigenvalue weighted by atomic mass is 16.2. The molecule has 0 spiro atoms. The van der Waals surface area contributed by atoms with E-state index in [2.05, 4.69) is 4.98 Å². The van der Waals surface area contributed by atoms with Gasteiger partial charge in [0.05, 0.1) is 6.04 Å². The van der Waals surface area contributed by atoms with E-state index in [-0.39, 0.29) is 11.9 Å². The van der Waals surface area contributed by atoms with E-state index in [1.807, 2.05) is 18.2 Å². The highest BCUT2D eigenvalue weighted by Crippen LogP contribution is 2.24. The zero-order chi connectivity index (χ0) is 9.26. The van der Waals surface area contributed by atoms with Crippen molar-refractivity contribution in [3.63, 3.8) is 0 Å². The number of nitrogens with zero attached hydrogens (tertiary/aromatic N) is 2. The van der Waals surface area contributed by atoms with Gasteiger partial charge in [-0.3, -0.25) is 9.78 Å². The first kappa shape index (κ1) is 7.98. The quantitative estimate of drug-likeness (QED) is 0.640. The summed E-state index contributed by atoms with van der Waals surface area (Å²) >= 11 is 0. The fourth-order valence-electron chi connectivity index (χ4n) is 1.44. The summed E-state index contributed by atoms with van der Waals surface area (Å²) in [5.74, 6) is 0.0499. The van der Waals surface area contributed by atoms with E-state index < -0.39 is 0 Å². The van der Waals surface area contributed by atoms with Crippen LogP contribution in [-0.2, 0) is 4.79 Å². The van der Waals surface area contributed by atoms with Crippen LogP contribution in [-0.4, -0.2) is 22.8 Å². The molecule has 0 aromatic carbocycles. The summed E-state index contributed by atoms with van der Waals surface area (Å²) < 4.78 is 0. The summed E-state index contributed by atoms with van der Waals surface area (Å²) in [5, 5.41) is 0. The first-order valence-electron chi connectivity index (χ1n) is 4.14. The molecule has 0 bridgehead atoms. The Labute approximate surface area is 76.7 Å². The lowest BCUT2D eigenvalue weighted by atomic mass is 10.1. The zero-order valence-corrected chi connectivity index (χ0v) is 7.34. The number of amides is 1. The molecule has 0 saturated heterocycles. The van der Waals surface area contributed by atoms with E-state index in [9.17, 15) is 4.79 Å². The van der Waals surface area contributed by atoms with E-state index in [4.69, 9.17) is 0 Å². The minimum Gasteiger partial charge on any atom is -0.332 e. The number of rotatable bonds is 1. The largest absolute Gasteiger partial charge is 0.332 e. The maximum absolute atomic E-state index is 11.2. The van der Waals surface area contributed by atoms with Crippen molar-refractivity contribution >= 4 is 5.91 Å². The molecule has 1 aliphatic rings. The fraction of sp³-hybridized carbons (Fsp3) is 0.200. The SMILES string of the molecule is CN1C(=O)C=C[C@H]1c1cccnc1. The molecule has 2 rings (SSSR count). The van der Waals surface area contributed by atoms with E-state index in [1.165, 1.54) is 0 Å². The van der Waals surface area contributed by atoms with Gasteiger partial charge in [0.1, 0.15) is 0 Å². The number of aromatic nitrogens is 1. The lowest BCUT2D eigenvalue weighted by Gasteiger charge is -2.19. The highest BCUT2D eigenvalue weighted by Gasteiger charge is 2.22. The fourth-order valence-corrected chi connectivity index (χ4v) is 1.44. The van der Waals surface area contributed by atoms with Crippen LogP contribution in [0.4, 0.5) is 0 Å². The minimum absolute atomic E-state index is 0.0499. The van der Waals surface area contributed by atoms with Crippen molar-refractivity contribution in [2.24, 2.45) is 0 Å². The van der Waals surface area contributed by atoms with Crippen LogP contribution in [0, 0.1) is 0 Å². The Bertz CT molecular complexity index is 345. The van der Waals surface area contributed by atoms with Gasteiger partial charge in [-0.25, -0.2) is 0 Å². The average molecular weight is 174 g/mol. The van der Waals surface area contributed by atoms with Gasteiger partial charge in [0, 0.05) is 25.5 Å². The molecule has 1 aromatic heterocycles. The van der Waals surface area contributed by atoms with Crippen molar-refractivity contribution in [2.75, 3.05) is 7.05 Å². The predicted octanol–water partition coefficient (Wildman–Crippen LogP) is 1.15. The third-order valence-corrected chi connectivity index (χ3v) is 2.21. The number of carbonyl (C=O) groups is 1. The van der Waals surface area contributed by atoms with E-state index >= 15 is 0 Å². The van der Waals surface area contributed by atoms with E-state index in [1.54, 1.807) is 30.4 Å². The van der Waals surface area contributed by atoms with Gasteiger partial charge in [0.15, 0.2) is 0 Å². The van der Waals surface area contributed by atoms with E-state index in [0.29, 0.717) is 0 Å². The van der Waals surface area contributed by atoms with Crippen molar-refractivity contribution in [1.29, 1.82) is 0 Å². The van der Waals surface area contributed by atoms with Crippen LogP contribution in [0.25, 0.3) is 0 Å². The standard InChI is InChI=1S/C10H10N2O/c1-12-9(4-5-10(12)13)8-3-2-6-11-7-8/h2-7,9H,1H3/t9-/m0/s1. The Hall–Kier alpha value is -1.64. The van der Waals surface area contributed by atoms with Crippen LogP contribution in [0.3, 0.4) is 0 Å². The molecule has 0 unspecified atom stereocenters. The Morgan fingerprint density at radius 3 is 2.92 bits per heavy atom. The van der Waals surface area contributed by atoms with Crippen molar-refractivity contribution in [1.82, 2.24) is 9.88 Å². The monoisotopic (exact) mass is 174 g/mol. The molecule has 0 radical (unpaired) electrons. The van der Waals surface area contributed by atoms with E-state index in [0.717, 1.165) is 5.56 Å². The van der Waals surface area contributed by atoms with Gasteiger partial charge >= 0.3 is 0 Å². The second-order valence-corrected chi connectivity index (χ2v) is 3.04. The smallest absolute Gasteiger partial charge is 0.246 e. The van der Waals surface area contributed by atoms with Crippen LogP contribution in [0.1, 0.15) is 11.6 Å². The average Bonchev–Trinajstić information content (AvgIpc) is 2.49. The second kappa shape index (κ2) is 3.01. The molecule has 1 amide bonds. The normalized spacial score (nSPS) is 21.2. The molecule has 1 aliphatic heterocycles. The summed E-state index contributed by atoms with van der Waals surface area (Å²) in [6, 6.07) is 3.90. The highest BCUT2D eigenvalue weighted by molar-refractivity contribution is 5.90. The van der Waals surface area contributed by atoms with Crippen LogP contribution >= 0.6 is 0 Å². The third-order valence-electron chi connectivity index (χ3n) is 2.21. The maximum Gasteiger partial charge on any atom is 0.246 e. The van der Waals surface area contributed by atoms with Crippen molar-refractivity contribution in [3.05, 3.63) is 42.2 Å². The summed E-state index contributed by atoms with van der Waals surface area (Å²) in [7, 11) is 1.79. The molecule has 0 saturated carbocycles. The zero-order valence-electron chi connectivity index (χ0n) is 7.34. The van der Waals surface area contributed by atoms with Gasteiger partial charge in [0.2, 0.25) is 5.91 Å². The van der Waals surface area contributed by atoms with Gasteiger partial charge in [-0.1, -0.05) is 12.1 Å². The molecule has 0 aliphatic carbocycles. The summed E-state index contributed by atoms with van der Waals surface area (Å²) in [4.78, 5) is 16.9. The molecule has 3 nitrogen and oxygen atoms in total. The van der Waals surface area contributed by atoms with Gasteiger partial charge in [-0.2, -0.15) is 0 Å². The number of hydrogen-bond acceptors (Lipinski definition) is 2. The first-order chi connectivity index (χ1) is 6.29. The molecule has 0 fully saturated rings. The summed E-state index contributed by atoms with van der Waals surface area (Å²) in [5.41, 5.74) is 1.05. The molecule has 3 heteroatoms. The number of pyridine rings is 1. The molecule has 1 aromatic rings. The molecular weight excluding hydrogens is 164 g/mol. The van der Waals surface area contributed by atoms with Gasteiger partial charge < -0.3 is 4.90 Å². The first-order valence-corrected chi connectivity index (χ1v) is 4.14. The number of hydrogen-bond donors (Lipinski definition) is 0. The maximum atomic E-state index is 11.2. The predicted molar refractivity (Wildman–Crippen MR) is 48.9 cm³/mol. The van der Waals surface area contributed by atoms with Crippen LogP contribution in [0.15, 0.2) is 36.7 Å². The van der Waals surface area contributed by atoms with Gasteiger partial charge in [-0.05, 0) is 11.6 Å². The molecule has 1 atom stereocenters. The Balaban J connectivity index is 2.29. The Morgan fingerprint density at radius 2 is 2.38 bits per heavy atom. The molecule has 0 N–H and O–H groups in total. The van der Waals surface area contributed by atoms with Crippen molar-refractivity contribution in [3.8, 4) is 0 Å². The van der Waals surface area contributed by atoms with Gasteiger partial charge in [0.25, 0.3) is 0 Å². The van der Waals surface area contributed by atoms with Crippen LogP contribution in [0.5, 0.6) is 0 Å². The number of carbonyl (C=O) groups excluding carboxylic acids is 1.